The van der Waals surface area contributed by atoms with Crippen molar-refractivity contribution in [1.82, 2.24) is 0 Å². The summed E-state index contributed by atoms with van der Waals surface area (Å²) >= 11 is 13.7. The van der Waals surface area contributed by atoms with Crippen LogP contribution in [0.1, 0.15) is 43.7 Å². The van der Waals surface area contributed by atoms with Crippen LogP contribution in [-0.4, -0.2) is 13.1 Å². The average Bonchev–Trinajstić information content (AvgIpc) is 3.26. The Morgan fingerprint density at radius 3 is 1.62 bits per heavy atom. The van der Waals surface area contributed by atoms with Crippen LogP contribution in [0.3, 0.4) is 0 Å². The molecule has 0 unspecified atom stereocenters. The molecule has 0 amide bonds. The number of rotatable bonds is 5. The third-order valence-corrected chi connectivity index (χ3v) is 8.25. The molecule has 0 aromatic heterocycles. The first kappa shape index (κ1) is 26.2. The van der Waals surface area contributed by atoms with E-state index in [4.69, 9.17) is 32.7 Å². The maximum atomic E-state index is 12.9. The van der Waals surface area contributed by atoms with Crippen molar-refractivity contribution in [3.8, 4) is 22.6 Å². The Balaban J connectivity index is 1.61. The number of ether oxygens (including phenoxy) is 2. The fourth-order valence-electron chi connectivity index (χ4n) is 6.03. The lowest BCUT2D eigenvalue weighted by molar-refractivity contribution is 0.0733. The summed E-state index contributed by atoms with van der Waals surface area (Å²) in [5, 5.41) is 0.895. The molecule has 0 saturated heterocycles. The van der Waals surface area contributed by atoms with Crippen molar-refractivity contribution in [3.05, 3.63) is 152 Å². The van der Waals surface area contributed by atoms with Gasteiger partial charge >= 0.3 is 5.97 Å². The molecule has 0 atom stereocenters. The fourth-order valence-corrected chi connectivity index (χ4v) is 6.68. The molecule has 0 aliphatic heterocycles. The van der Waals surface area contributed by atoms with E-state index in [1.54, 1.807) is 31.4 Å². The molecule has 3 nitrogen and oxygen atoms in total. The van der Waals surface area contributed by atoms with Gasteiger partial charge in [0.2, 0.25) is 0 Å². The number of aryl methyl sites for hydroxylation is 2. The van der Waals surface area contributed by atoms with Crippen LogP contribution in [0.5, 0.6) is 11.5 Å². The quantitative estimate of drug-likeness (QED) is 0.154. The molecule has 0 spiro atoms. The summed E-state index contributed by atoms with van der Waals surface area (Å²) < 4.78 is 11.4. The van der Waals surface area contributed by atoms with E-state index in [0.717, 1.165) is 44.5 Å². The van der Waals surface area contributed by atoms with Crippen LogP contribution in [-0.2, 0) is 5.41 Å². The zero-order chi connectivity index (χ0) is 28.0. The Kier molecular flexibility index (Phi) is 6.66. The normalized spacial score (nSPS) is 12.9. The van der Waals surface area contributed by atoms with E-state index in [2.05, 4.69) is 60.7 Å². The van der Waals surface area contributed by atoms with Crippen LogP contribution in [0.2, 0.25) is 10.0 Å². The topological polar surface area (TPSA) is 35.5 Å². The lowest BCUT2D eigenvalue weighted by atomic mass is 9.67. The maximum absolute atomic E-state index is 12.9. The minimum atomic E-state index is -0.718. The van der Waals surface area contributed by atoms with Crippen molar-refractivity contribution in [2.24, 2.45) is 0 Å². The van der Waals surface area contributed by atoms with Crippen LogP contribution < -0.4 is 9.47 Å². The predicted octanol–water partition coefficient (Wildman–Crippen LogP) is 9.20. The summed E-state index contributed by atoms with van der Waals surface area (Å²) in [7, 11) is 1.63. The maximum Gasteiger partial charge on any atom is 0.343 e. The highest BCUT2D eigenvalue weighted by Gasteiger charge is 2.46. The zero-order valence-electron chi connectivity index (χ0n) is 22.3. The molecular formula is C35H26Cl2O3. The van der Waals surface area contributed by atoms with Crippen LogP contribution in [0.15, 0.2) is 103 Å². The van der Waals surface area contributed by atoms with Crippen molar-refractivity contribution >= 4 is 29.2 Å². The van der Waals surface area contributed by atoms with E-state index < -0.39 is 11.4 Å². The van der Waals surface area contributed by atoms with Crippen molar-refractivity contribution in [1.29, 1.82) is 0 Å². The fraction of sp³-hybridized carbons (Fsp3) is 0.114. The third kappa shape index (κ3) is 4.00. The summed E-state index contributed by atoms with van der Waals surface area (Å²) in [6.07, 6.45) is 0. The second-order valence-electron chi connectivity index (χ2n) is 10.0. The second-order valence-corrected chi connectivity index (χ2v) is 10.8. The molecule has 0 saturated carbocycles. The predicted molar refractivity (Wildman–Crippen MR) is 161 cm³/mol. The minimum Gasteiger partial charge on any atom is -0.495 e. The highest BCUT2D eigenvalue weighted by molar-refractivity contribution is 6.32. The minimum absolute atomic E-state index is 0.345. The first-order chi connectivity index (χ1) is 19.4. The van der Waals surface area contributed by atoms with Gasteiger partial charge in [-0.05, 0) is 82.6 Å². The highest BCUT2D eigenvalue weighted by Crippen LogP contribution is 2.57. The summed E-state index contributed by atoms with van der Waals surface area (Å²) in [5.41, 5.74) is 7.93. The van der Waals surface area contributed by atoms with Crippen LogP contribution >= 0.6 is 23.2 Å². The number of fused-ring (bicyclic) bond motifs is 3. The number of hydrogen-bond acceptors (Lipinski definition) is 3. The van der Waals surface area contributed by atoms with Gasteiger partial charge in [0.15, 0.2) is 5.75 Å². The molecular weight excluding hydrogens is 539 g/mol. The van der Waals surface area contributed by atoms with Gasteiger partial charge in [-0.2, -0.15) is 0 Å². The molecule has 198 valence electrons. The van der Waals surface area contributed by atoms with E-state index in [9.17, 15) is 4.79 Å². The lowest BCUT2D eigenvalue weighted by Gasteiger charge is -2.35. The van der Waals surface area contributed by atoms with Crippen molar-refractivity contribution in [2.75, 3.05) is 7.11 Å². The van der Waals surface area contributed by atoms with Gasteiger partial charge in [0.05, 0.1) is 28.1 Å². The number of esters is 1. The first-order valence-electron chi connectivity index (χ1n) is 13.0. The third-order valence-electron chi connectivity index (χ3n) is 7.69. The monoisotopic (exact) mass is 564 g/mol. The van der Waals surface area contributed by atoms with Crippen LogP contribution in [0.25, 0.3) is 11.1 Å². The van der Waals surface area contributed by atoms with Gasteiger partial charge in [0.1, 0.15) is 5.75 Å². The highest BCUT2D eigenvalue weighted by atomic mass is 35.5. The molecule has 0 bridgehead atoms. The summed E-state index contributed by atoms with van der Waals surface area (Å²) in [4.78, 5) is 12.9. The number of hydrogen-bond donors (Lipinski definition) is 0. The van der Waals surface area contributed by atoms with E-state index in [1.807, 2.05) is 32.0 Å². The van der Waals surface area contributed by atoms with Crippen molar-refractivity contribution in [3.63, 3.8) is 0 Å². The Labute approximate surface area is 243 Å². The van der Waals surface area contributed by atoms with Gasteiger partial charge in [0.25, 0.3) is 0 Å². The van der Waals surface area contributed by atoms with Crippen molar-refractivity contribution in [2.45, 2.75) is 19.3 Å². The van der Waals surface area contributed by atoms with Crippen molar-refractivity contribution < 1.29 is 14.3 Å². The van der Waals surface area contributed by atoms with E-state index in [1.165, 1.54) is 0 Å². The van der Waals surface area contributed by atoms with Crippen LogP contribution in [0.4, 0.5) is 0 Å². The number of carbonyl (C=O) groups excluding carboxylic acids is 1. The largest absolute Gasteiger partial charge is 0.495 e. The first-order valence-corrected chi connectivity index (χ1v) is 13.7. The molecule has 0 heterocycles. The molecule has 0 radical (unpaired) electrons. The number of halogens is 2. The van der Waals surface area contributed by atoms with Gasteiger partial charge in [-0.25, -0.2) is 4.79 Å². The Morgan fingerprint density at radius 2 is 1.12 bits per heavy atom. The summed E-state index contributed by atoms with van der Waals surface area (Å²) in [6, 6.07) is 33.8. The smallest absolute Gasteiger partial charge is 0.343 e. The molecule has 1 aliphatic carbocycles. The Hall–Kier alpha value is -4.05. The summed E-state index contributed by atoms with van der Waals surface area (Å²) in [6.45, 7) is 3.91. The SMILES string of the molecule is COc1c(C)cc(C2(c3cc(C)c(OC(=O)c4ccccc4)c(Cl)c3)c3ccccc3-c3ccccc32)cc1Cl. The Bertz CT molecular complexity index is 1680. The molecule has 5 aromatic carbocycles. The lowest BCUT2D eigenvalue weighted by Crippen LogP contribution is -2.29. The molecule has 5 aromatic rings. The van der Waals surface area contributed by atoms with E-state index in [0.29, 0.717) is 27.1 Å². The molecule has 6 rings (SSSR count). The van der Waals surface area contributed by atoms with Gasteiger partial charge in [-0.1, -0.05) is 102 Å². The van der Waals surface area contributed by atoms with Gasteiger partial charge in [0, 0.05) is 0 Å². The second kappa shape index (κ2) is 10.2. The average molecular weight is 565 g/mol. The zero-order valence-corrected chi connectivity index (χ0v) is 23.8. The molecule has 1 aliphatic rings. The molecule has 40 heavy (non-hydrogen) atoms. The number of carbonyl (C=O) groups is 1. The molecule has 5 heteroatoms. The van der Waals surface area contributed by atoms with Crippen LogP contribution in [0, 0.1) is 13.8 Å². The molecule has 0 fully saturated rings. The van der Waals surface area contributed by atoms with E-state index in [-0.39, 0.29) is 0 Å². The Morgan fingerprint density at radius 1 is 0.650 bits per heavy atom. The number of methoxy groups -OCH3 is 1. The van der Waals surface area contributed by atoms with Gasteiger partial charge in [-0.15, -0.1) is 0 Å². The summed E-state index contributed by atoms with van der Waals surface area (Å²) in [5.74, 6) is 0.539. The standard InChI is InChI=1S/C35H26Cl2O3/c1-21-17-24(19-30(36)32(21)39-3)35(28-15-9-7-13-26(28)27-14-8-10-16-29(27)35)25-18-22(2)33(31(37)20-25)40-34(38)23-11-5-4-6-12-23/h4-20H,1-3H3. The molecule has 0 N–H and O–H groups in total. The van der Waals surface area contributed by atoms with Gasteiger partial charge < -0.3 is 9.47 Å². The van der Waals surface area contributed by atoms with E-state index >= 15 is 0 Å². The van der Waals surface area contributed by atoms with Gasteiger partial charge in [-0.3, -0.25) is 0 Å². The number of benzene rings is 5.